The van der Waals surface area contributed by atoms with Crippen LogP contribution in [0.1, 0.15) is 38.9 Å². The third-order valence-electron chi connectivity index (χ3n) is 6.21. The fourth-order valence-electron chi connectivity index (χ4n) is 4.32. The van der Waals surface area contributed by atoms with E-state index in [2.05, 4.69) is 38.4 Å². The maximum Gasteiger partial charge on any atom is 0.343 e. The van der Waals surface area contributed by atoms with Gasteiger partial charge in [0, 0.05) is 31.5 Å². The van der Waals surface area contributed by atoms with Gasteiger partial charge in [0.1, 0.15) is 11.4 Å². The fraction of sp³-hybridized carbons (Fsp3) is 0.0645. The zero-order valence-corrected chi connectivity index (χ0v) is 23.2. The van der Waals surface area contributed by atoms with E-state index in [1.54, 1.807) is 42.5 Å². The van der Waals surface area contributed by atoms with Gasteiger partial charge < -0.3 is 9.72 Å². The number of carbonyl (C=O) groups is 2. The Labute approximate surface area is 238 Å². The van der Waals surface area contributed by atoms with Gasteiger partial charge in [-0.1, -0.05) is 83.0 Å². The van der Waals surface area contributed by atoms with E-state index in [-0.39, 0.29) is 0 Å². The molecule has 0 fully saturated rings. The van der Waals surface area contributed by atoms with E-state index >= 15 is 0 Å². The second kappa shape index (κ2) is 11.7. The largest absolute Gasteiger partial charge is 0.422 e. The Morgan fingerprint density at radius 3 is 2.51 bits per heavy atom. The van der Waals surface area contributed by atoms with Crippen molar-refractivity contribution >= 4 is 56.5 Å². The Morgan fingerprint density at radius 2 is 1.77 bits per heavy atom. The second-order valence-corrected chi connectivity index (χ2v) is 10.1. The van der Waals surface area contributed by atoms with Crippen molar-refractivity contribution in [2.75, 3.05) is 0 Å². The van der Waals surface area contributed by atoms with Gasteiger partial charge in [-0.3, -0.25) is 4.79 Å². The van der Waals surface area contributed by atoms with E-state index in [0.717, 1.165) is 38.5 Å². The minimum Gasteiger partial charge on any atom is -0.422 e. The van der Waals surface area contributed by atoms with Gasteiger partial charge >= 0.3 is 5.97 Å². The summed E-state index contributed by atoms with van der Waals surface area (Å²) >= 11 is 9.35. The van der Waals surface area contributed by atoms with Gasteiger partial charge in [-0.05, 0) is 60.0 Å². The first kappa shape index (κ1) is 26.4. The Bertz CT molecular complexity index is 1700. The average molecular weight is 601 g/mol. The standard InChI is InChI=1S/C31H23BrClN3O3/c1-2-19-9-6-10-25-27(20-7-4-3-5-8-20)29(35-28(19)25)30(37)36-34-18-22-17-23(32)13-16-26(22)39-31(38)21-11-14-24(33)15-12-21/h3-18,35H,2H2,1H3,(H,36,37). The molecule has 5 rings (SSSR count). The lowest BCUT2D eigenvalue weighted by Crippen LogP contribution is -2.19. The number of fused-ring (bicyclic) bond motifs is 1. The number of amides is 1. The van der Waals surface area contributed by atoms with Crippen LogP contribution in [0.3, 0.4) is 0 Å². The molecule has 5 aromatic rings. The Morgan fingerprint density at radius 1 is 1.00 bits per heavy atom. The van der Waals surface area contributed by atoms with Crippen LogP contribution in [-0.4, -0.2) is 23.1 Å². The number of ether oxygens (including phenoxy) is 1. The van der Waals surface area contributed by atoms with Crippen molar-refractivity contribution in [1.82, 2.24) is 10.4 Å². The lowest BCUT2D eigenvalue weighted by atomic mass is 10.00. The van der Waals surface area contributed by atoms with E-state index in [1.807, 2.05) is 48.5 Å². The van der Waals surface area contributed by atoms with Crippen molar-refractivity contribution in [2.24, 2.45) is 5.10 Å². The quantitative estimate of drug-likeness (QED) is 0.0865. The molecule has 0 saturated heterocycles. The maximum atomic E-state index is 13.4. The summed E-state index contributed by atoms with van der Waals surface area (Å²) in [5, 5.41) is 5.68. The summed E-state index contributed by atoms with van der Waals surface area (Å²) in [6, 6.07) is 27.4. The van der Waals surface area contributed by atoms with E-state index in [1.165, 1.54) is 6.21 Å². The minimum atomic E-state index is -0.537. The number of nitrogens with zero attached hydrogens (tertiary/aromatic N) is 1. The van der Waals surface area contributed by atoms with Crippen LogP contribution >= 0.6 is 27.5 Å². The molecule has 0 aliphatic rings. The van der Waals surface area contributed by atoms with E-state index in [9.17, 15) is 9.59 Å². The van der Waals surface area contributed by atoms with Gasteiger partial charge in [0.15, 0.2) is 0 Å². The molecular formula is C31H23BrClN3O3. The van der Waals surface area contributed by atoms with Gasteiger partial charge in [0.05, 0.1) is 11.8 Å². The molecule has 1 aromatic heterocycles. The lowest BCUT2D eigenvalue weighted by molar-refractivity contribution is 0.0734. The predicted octanol–water partition coefficient (Wildman–Crippen LogP) is 7.80. The summed E-state index contributed by atoms with van der Waals surface area (Å²) < 4.78 is 6.36. The molecule has 8 heteroatoms. The second-order valence-electron chi connectivity index (χ2n) is 8.71. The summed E-state index contributed by atoms with van der Waals surface area (Å²) in [7, 11) is 0. The third-order valence-corrected chi connectivity index (χ3v) is 6.96. The number of rotatable bonds is 7. The molecule has 6 nitrogen and oxygen atoms in total. The van der Waals surface area contributed by atoms with Crippen LogP contribution in [0.5, 0.6) is 5.75 Å². The fourth-order valence-corrected chi connectivity index (χ4v) is 4.83. The first-order valence-electron chi connectivity index (χ1n) is 12.2. The first-order valence-corrected chi connectivity index (χ1v) is 13.4. The summed E-state index contributed by atoms with van der Waals surface area (Å²) in [5.74, 6) is -0.637. The van der Waals surface area contributed by atoms with Crippen molar-refractivity contribution in [3.63, 3.8) is 0 Å². The van der Waals surface area contributed by atoms with Gasteiger partial charge in [0.25, 0.3) is 5.91 Å². The van der Waals surface area contributed by atoms with Gasteiger partial charge in [-0.15, -0.1) is 0 Å². The van der Waals surface area contributed by atoms with E-state index in [4.69, 9.17) is 16.3 Å². The molecule has 1 heterocycles. The number of aromatic nitrogens is 1. The molecule has 0 aliphatic heterocycles. The number of carbonyl (C=O) groups excluding carboxylic acids is 2. The van der Waals surface area contributed by atoms with Crippen LogP contribution in [0.2, 0.25) is 5.02 Å². The monoisotopic (exact) mass is 599 g/mol. The molecule has 0 bridgehead atoms. The number of aromatic amines is 1. The highest BCUT2D eigenvalue weighted by atomic mass is 79.9. The number of hydrogen-bond donors (Lipinski definition) is 2. The minimum absolute atomic E-state index is 0.291. The number of esters is 1. The molecule has 0 saturated carbocycles. The van der Waals surface area contributed by atoms with Crippen LogP contribution in [0.4, 0.5) is 0 Å². The number of H-pyrrole nitrogens is 1. The Hall–Kier alpha value is -4.20. The molecule has 0 aliphatic carbocycles. The van der Waals surface area contributed by atoms with E-state index < -0.39 is 11.9 Å². The number of hydrazone groups is 1. The molecule has 39 heavy (non-hydrogen) atoms. The van der Waals surface area contributed by atoms with Crippen LogP contribution in [-0.2, 0) is 6.42 Å². The van der Waals surface area contributed by atoms with Crippen LogP contribution in [0, 0.1) is 0 Å². The molecule has 0 radical (unpaired) electrons. The Balaban J connectivity index is 1.42. The smallest absolute Gasteiger partial charge is 0.343 e. The topological polar surface area (TPSA) is 83.5 Å². The molecule has 1 amide bonds. The van der Waals surface area contributed by atoms with Crippen LogP contribution in [0.25, 0.3) is 22.0 Å². The Kier molecular flexibility index (Phi) is 7.91. The molecule has 0 atom stereocenters. The number of aryl methyl sites for hydroxylation is 1. The van der Waals surface area contributed by atoms with Crippen molar-refractivity contribution in [2.45, 2.75) is 13.3 Å². The predicted molar refractivity (Wildman–Crippen MR) is 159 cm³/mol. The summed E-state index contributed by atoms with van der Waals surface area (Å²) in [6.45, 7) is 2.08. The van der Waals surface area contributed by atoms with Crippen molar-refractivity contribution in [3.8, 4) is 16.9 Å². The molecule has 0 spiro atoms. The molecule has 0 unspecified atom stereocenters. The molecule has 2 N–H and O–H groups in total. The SMILES string of the molecule is CCc1cccc2c(-c3ccccc3)c(C(=O)NN=Cc3cc(Br)ccc3OC(=O)c3ccc(Cl)cc3)[nH]c12. The van der Waals surface area contributed by atoms with Crippen molar-refractivity contribution in [3.05, 3.63) is 123 Å². The normalized spacial score (nSPS) is 11.2. The maximum absolute atomic E-state index is 13.4. The van der Waals surface area contributed by atoms with Crippen molar-refractivity contribution < 1.29 is 14.3 Å². The van der Waals surface area contributed by atoms with Crippen molar-refractivity contribution in [1.29, 1.82) is 0 Å². The van der Waals surface area contributed by atoms with E-state index in [0.29, 0.717) is 27.6 Å². The van der Waals surface area contributed by atoms with Gasteiger partial charge in [-0.25, -0.2) is 10.2 Å². The summed E-state index contributed by atoms with van der Waals surface area (Å²) in [5.41, 5.74) is 7.68. The summed E-state index contributed by atoms with van der Waals surface area (Å²) in [4.78, 5) is 29.3. The van der Waals surface area contributed by atoms with Gasteiger partial charge in [-0.2, -0.15) is 5.10 Å². The zero-order valence-electron chi connectivity index (χ0n) is 20.9. The lowest BCUT2D eigenvalue weighted by Gasteiger charge is -2.08. The third kappa shape index (κ3) is 5.79. The molecule has 194 valence electrons. The van der Waals surface area contributed by atoms with Gasteiger partial charge in [0.2, 0.25) is 0 Å². The number of hydrogen-bond acceptors (Lipinski definition) is 4. The number of benzene rings is 4. The first-order chi connectivity index (χ1) is 18.9. The highest BCUT2D eigenvalue weighted by molar-refractivity contribution is 9.10. The highest BCUT2D eigenvalue weighted by Crippen LogP contribution is 2.34. The average Bonchev–Trinajstić information content (AvgIpc) is 3.35. The molecule has 4 aromatic carbocycles. The van der Waals surface area contributed by atoms with Crippen LogP contribution in [0.15, 0.2) is 101 Å². The van der Waals surface area contributed by atoms with Crippen LogP contribution < -0.4 is 10.2 Å². The molecular weight excluding hydrogens is 578 g/mol. The number of halogens is 2. The number of nitrogens with one attached hydrogen (secondary N) is 2. The highest BCUT2D eigenvalue weighted by Gasteiger charge is 2.20. The zero-order chi connectivity index (χ0) is 27.4. The summed E-state index contributed by atoms with van der Waals surface area (Å²) in [6.07, 6.45) is 2.27. The number of para-hydroxylation sites is 1.